The number of benzene rings is 1. The Balaban J connectivity index is 2.61. The number of hydrogen-bond acceptors (Lipinski definition) is 3. The van der Waals surface area contributed by atoms with E-state index in [1.165, 1.54) is 0 Å². The van der Waals surface area contributed by atoms with Crippen LogP contribution in [-0.2, 0) is 6.42 Å². The third-order valence-corrected chi connectivity index (χ3v) is 2.35. The van der Waals surface area contributed by atoms with Crippen molar-refractivity contribution in [2.75, 3.05) is 6.61 Å². The van der Waals surface area contributed by atoms with Crippen molar-refractivity contribution in [3.63, 3.8) is 0 Å². The lowest BCUT2D eigenvalue weighted by Crippen LogP contribution is -1.90. The Morgan fingerprint density at radius 1 is 1.36 bits per heavy atom. The minimum absolute atomic E-state index is 0.0377. The highest BCUT2D eigenvalue weighted by molar-refractivity contribution is 5.83. The van der Waals surface area contributed by atoms with Gasteiger partial charge in [-0.2, -0.15) is 0 Å². The molecule has 3 nitrogen and oxygen atoms in total. The van der Waals surface area contributed by atoms with Gasteiger partial charge in [-0.15, -0.1) is 0 Å². The van der Waals surface area contributed by atoms with Gasteiger partial charge in [0.2, 0.25) is 0 Å². The summed E-state index contributed by atoms with van der Waals surface area (Å²) in [4.78, 5) is 0. The molecular weight excluding hydrogens is 180 g/mol. The summed E-state index contributed by atoms with van der Waals surface area (Å²) in [5.41, 5.74) is 2.48. The Labute approximate surface area is 81.6 Å². The van der Waals surface area contributed by atoms with E-state index < -0.39 is 0 Å². The first kappa shape index (κ1) is 9.09. The van der Waals surface area contributed by atoms with Gasteiger partial charge in [0, 0.05) is 18.1 Å². The van der Waals surface area contributed by atoms with E-state index in [9.17, 15) is 5.11 Å². The van der Waals surface area contributed by atoms with E-state index in [0.29, 0.717) is 12.0 Å². The largest absolute Gasteiger partial charge is 0.508 e. The molecule has 2 N–H and O–H groups in total. The highest BCUT2D eigenvalue weighted by Gasteiger charge is 2.07. The standard InChI is InChI=1S/C11H12O3/c1-7-6-14-11-5-10(13)8(2-3-12)4-9(7)11/h4-6,12-13H,2-3H2,1H3. The van der Waals surface area contributed by atoms with Crippen molar-refractivity contribution < 1.29 is 14.6 Å². The molecule has 0 radical (unpaired) electrons. The Hall–Kier alpha value is -1.48. The minimum atomic E-state index is 0.0377. The van der Waals surface area contributed by atoms with Crippen LogP contribution in [0.5, 0.6) is 5.75 Å². The van der Waals surface area contributed by atoms with Crippen LogP contribution in [0.3, 0.4) is 0 Å². The van der Waals surface area contributed by atoms with E-state index in [0.717, 1.165) is 16.5 Å². The van der Waals surface area contributed by atoms with Gasteiger partial charge in [0.1, 0.15) is 11.3 Å². The maximum Gasteiger partial charge on any atom is 0.137 e. The highest BCUT2D eigenvalue weighted by atomic mass is 16.3. The first-order valence-electron chi connectivity index (χ1n) is 4.53. The van der Waals surface area contributed by atoms with Gasteiger partial charge in [-0.3, -0.25) is 0 Å². The maximum atomic E-state index is 9.58. The fraction of sp³-hybridized carbons (Fsp3) is 0.273. The minimum Gasteiger partial charge on any atom is -0.508 e. The average molecular weight is 192 g/mol. The summed E-state index contributed by atoms with van der Waals surface area (Å²) in [5.74, 6) is 0.181. The molecule has 1 heterocycles. The summed E-state index contributed by atoms with van der Waals surface area (Å²) >= 11 is 0. The molecule has 0 fully saturated rings. The van der Waals surface area contributed by atoms with E-state index in [1.54, 1.807) is 12.3 Å². The SMILES string of the molecule is Cc1coc2cc(O)c(CCO)cc12. The molecule has 3 heteroatoms. The fourth-order valence-electron chi connectivity index (χ4n) is 1.56. The fourth-order valence-corrected chi connectivity index (χ4v) is 1.56. The van der Waals surface area contributed by atoms with Crippen molar-refractivity contribution in [3.8, 4) is 5.75 Å². The summed E-state index contributed by atoms with van der Waals surface area (Å²) in [6.45, 7) is 1.99. The first-order chi connectivity index (χ1) is 6.72. The number of hydrogen-bond donors (Lipinski definition) is 2. The van der Waals surface area contributed by atoms with Gasteiger partial charge in [0.25, 0.3) is 0 Å². The lowest BCUT2D eigenvalue weighted by atomic mass is 10.1. The van der Waals surface area contributed by atoms with Gasteiger partial charge in [0.15, 0.2) is 0 Å². The topological polar surface area (TPSA) is 53.6 Å². The molecule has 0 aliphatic rings. The Kier molecular flexibility index (Phi) is 2.17. The Bertz CT molecular complexity index is 457. The third kappa shape index (κ3) is 1.36. The highest BCUT2D eigenvalue weighted by Crippen LogP contribution is 2.28. The number of aliphatic hydroxyl groups excluding tert-OH is 1. The van der Waals surface area contributed by atoms with Crippen molar-refractivity contribution in [1.82, 2.24) is 0 Å². The number of furan rings is 1. The monoisotopic (exact) mass is 192 g/mol. The molecule has 2 rings (SSSR count). The molecule has 0 aliphatic heterocycles. The van der Waals surface area contributed by atoms with Gasteiger partial charge in [-0.05, 0) is 30.5 Å². The second kappa shape index (κ2) is 3.35. The number of rotatable bonds is 2. The van der Waals surface area contributed by atoms with Crippen molar-refractivity contribution in [2.45, 2.75) is 13.3 Å². The maximum absolute atomic E-state index is 9.58. The van der Waals surface area contributed by atoms with Crippen molar-refractivity contribution in [1.29, 1.82) is 0 Å². The smallest absolute Gasteiger partial charge is 0.137 e. The van der Waals surface area contributed by atoms with Crippen molar-refractivity contribution in [3.05, 3.63) is 29.5 Å². The quantitative estimate of drug-likeness (QED) is 0.765. The van der Waals surface area contributed by atoms with Crippen LogP contribution in [0.15, 0.2) is 22.8 Å². The summed E-state index contributed by atoms with van der Waals surface area (Å²) in [6, 6.07) is 3.45. The number of aryl methyl sites for hydroxylation is 1. The van der Waals surface area contributed by atoms with Crippen LogP contribution in [0.25, 0.3) is 11.0 Å². The molecule has 0 atom stereocenters. The third-order valence-electron chi connectivity index (χ3n) is 2.35. The van der Waals surface area contributed by atoms with Crippen LogP contribution in [0, 0.1) is 6.92 Å². The summed E-state index contributed by atoms with van der Waals surface area (Å²) < 4.78 is 5.24. The van der Waals surface area contributed by atoms with Gasteiger partial charge in [0.05, 0.1) is 6.26 Å². The first-order valence-corrected chi connectivity index (χ1v) is 4.53. The van der Waals surface area contributed by atoms with E-state index in [1.807, 2.05) is 13.0 Å². The van der Waals surface area contributed by atoms with Gasteiger partial charge >= 0.3 is 0 Å². The lowest BCUT2D eigenvalue weighted by Gasteiger charge is -2.02. The molecule has 1 aromatic carbocycles. The number of fused-ring (bicyclic) bond motifs is 1. The summed E-state index contributed by atoms with van der Waals surface area (Å²) in [7, 11) is 0. The van der Waals surface area contributed by atoms with Crippen LogP contribution < -0.4 is 0 Å². The lowest BCUT2D eigenvalue weighted by molar-refractivity contribution is 0.297. The van der Waals surface area contributed by atoms with Crippen molar-refractivity contribution >= 4 is 11.0 Å². The molecule has 0 saturated heterocycles. The van der Waals surface area contributed by atoms with Crippen LogP contribution in [0.2, 0.25) is 0 Å². The molecule has 0 amide bonds. The molecule has 0 unspecified atom stereocenters. The number of aliphatic hydroxyl groups is 1. The Morgan fingerprint density at radius 2 is 2.14 bits per heavy atom. The van der Waals surface area contributed by atoms with Crippen LogP contribution in [0.4, 0.5) is 0 Å². The second-order valence-corrected chi connectivity index (χ2v) is 3.37. The van der Waals surface area contributed by atoms with E-state index in [2.05, 4.69) is 0 Å². The molecule has 74 valence electrons. The van der Waals surface area contributed by atoms with E-state index in [-0.39, 0.29) is 12.4 Å². The van der Waals surface area contributed by atoms with Crippen LogP contribution in [-0.4, -0.2) is 16.8 Å². The van der Waals surface area contributed by atoms with Gasteiger partial charge in [-0.25, -0.2) is 0 Å². The molecule has 2 aromatic rings. The second-order valence-electron chi connectivity index (χ2n) is 3.37. The van der Waals surface area contributed by atoms with E-state index >= 15 is 0 Å². The molecule has 0 aliphatic carbocycles. The zero-order valence-electron chi connectivity index (χ0n) is 7.95. The summed E-state index contributed by atoms with van der Waals surface area (Å²) in [6.07, 6.45) is 2.12. The molecule has 1 aromatic heterocycles. The van der Waals surface area contributed by atoms with Crippen LogP contribution >= 0.6 is 0 Å². The molecular formula is C11H12O3. The predicted octanol–water partition coefficient (Wildman–Crippen LogP) is 1.98. The molecule has 0 bridgehead atoms. The number of phenols is 1. The van der Waals surface area contributed by atoms with E-state index in [4.69, 9.17) is 9.52 Å². The molecule has 0 saturated carbocycles. The number of phenolic OH excluding ortho intramolecular Hbond substituents is 1. The van der Waals surface area contributed by atoms with Gasteiger partial charge in [-0.1, -0.05) is 0 Å². The normalized spacial score (nSPS) is 11.0. The van der Waals surface area contributed by atoms with Gasteiger partial charge < -0.3 is 14.6 Å². The molecule has 14 heavy (non-hydrogen) atoms. The van der Waals surface area contributed by atoms with Crippen molar-refractivity contribution in [2.24, 2.45) is 0 Å². The zero-order chi connectivity index (χ0) is 10.1. The van der Waals surface area contributed by atoms with Crippen LogP contribution in [0.1, 0.15) is 11.1 Å². The number of aromatic hydroxyl groups is 1. The summed E-state index contributed by atoms with van der Waals surface area (Å²) in [5, 5.41) is 19.4. The average Bonchev–Trinajstić information content (AvgIpc) is 2.49. The predicted molar refractivity (Wildman–Crippen MR) is 53.4 cm³/mol. The molecule has 0 spiro atoms. The zero-order valence-corrected chi connectivity index (χ0v) is 7.95. The Morgan fingerprint density at radius 3 is 2.86 bits per heavy atom.